The van der Waals surface area contributed by atoms with Crippen LogP contribution < -0.4 is 0 Å². The third kappa shape index (κ3) is 4.44. The lowest BCUT2D eigenvalue weighted by Crippen LogP contribution is -2.34. The molecule has 0 aliphatic heterocycles. The van der Waals surface area contributed by atoms with E-state index in [4.69, 9.17) is 5.26 Å². The van der Waals surface area contributed by atoms with Crippen LogP contribution in [0.15, 0.2) is 22.5 Å². The van der Waals surface area contributed by atoms with Crippen molar-refractivity contribution in [3.8, 4) is 6.07 Å². The van der Waals surface area contributed by atoms with Crippen LogP contribution in [0.5, 0.6) is 0 Å². The molecule has 138 valence electrons. The standard InChI is InChI=1S/C16H19F5N4/c1-9(2)25(10(3)4)24-23-14-11(5)6-12(8-22)7-13(14)15(17,18)16(19,20)21/h6-7,9-10H,1-5H3. The molecule has 1 aromatic rings. The van der Waals surface area contributed by atoms with Crippen molar-refractivity contribution in [3.05, 3.63) is 28.8 Å². The first-order chi connectivity index (χ1) is 11.3. The van der Waals surface area contributed by atoms with Crippen molar-refractivity contribution in [1.82, 2.24) is 5.01 Å². The van der Waals surface area contributed by atoms with Crippen LogP contribution in [0.4, 0.5) is 27.6 Å². The highest BCUT2D eigenvalue weighted by Gasteiger charge is 2.60. The van der Waals surface area contributed by atoms with E-state index in [2.05, 4.69) is 10.3 Å². The maximum atomic E-state index is 13.9. The molecule has 4 nitrogen and oxygen atoms in total. The first-order valence-corrected chi connectivity index (χ1v) is 7.52. The molecule has 0 aliphatic rings. The lowest BCUT2D eigenvalue weighted by Gasteiger charge is -2.26. The topological polar surface area (TPSA) is 51.8 Å². The number of aryl methyl sites for hydroxylation is 1. The first kappa shape index (κ1) is 20.8. The zero-order valence-corrected chi connectivity index (χ0v) is 14.5. The molecule has 0 aliphatic carbocycles. The van der Waals surface area contributed by atoms with Gasteiger partial charge in [-0.05, 0) is 52.3 Å². The molecule has 0 heterocycles. The fourth-order valence-corrected chi connectivity index (χ4v) is 2.27. The average Bonchev–Trinajstić information content (AvgIpc) is 2.46. The van der Waals surface area contributed by atoms with Gasteiger partial charge in [0.15, 0.2) is 0 Å². The molecule has 0 saturated heterocycles. The summed E-state index contributed by atoms with van der Waals surface area (Å²) in [6.45, 7) is 8.46. The van der Waals surface area contributed by atoms with E-state index < -0.39 is 23.3 Å². The van der Waals surface area contributed by atoms with E-state index in [-0.39, 0.29) is 23.2 Å². The lowest BCUT2D eigenvalue weighted by atomic mass is 9.99. The van der Waals surface area contributed by atoms with Crippen LogP contribution in [0.2, 0.25) is 0 Å². The highest BCUT2D eigenvalue weighted by Crippen LogP contribution is 2.48. The number of hydrogen-bond donors (Lipinski definition) is 0. The summed E-state index contributed by atoms with van der Waals surface area (Å²) >= 11 is 0. The van der Waals surface area contributed by atoms with Gasteiger partial charge in [-0.1, -0.05) is 5.22 Å². The van der Waals surface area contributed by atoms with Gasteiger partial charge in [-0.3, -0.25) is 5.01 Å². The molecule has 0 amide bonds. The summed E-state index contributed by atoms with van der Waals surface area (Å²) in [5.41, 5.74) is -2.27. The molecule has 1 aromatic carbocycles. The van der Waals surface area contributed by atoms with Crippen molar-refractivity contribution >= 4 is 5.69 Å². The van der Waals surface area contributed by atoms with Gasteiger partial charge in [-0.25, -0.2) is 0 Å². The third-order valence-corrected chi connectivity index (χ3v) is 3.43. The monoisotopic (exact) mass is 362 g/mol. The molecule has 0 bridgehead atoms. The van der Waals surface area contributed by atoms with E-state index in [0.717, 1.165) is 0 Å². The lowest BCUT2D eigenvalue weighted by molar-refractivity contribution is -0.289. The van der Waals surface area contributed by atoms with E-state index in [9.17, 15) is 22.0 Å². The van der Waals surface area contributed by atoms with Crippen LogP contribution in [-0.2, 0) is 5.92 Å². The number of nitriles is 1. The summed E-state index contributed by atoms with van der Waals surface area (Å²) < 4.78 is 66.2. The van der Waals surface area contributed by atoms with Crippen LogP contribution in [0.3, 0.4) is 0 Å². The van der Waals surface area contributed by atoms with E-state index >= 15 is 0 Å². The number of nitrogens with zero attached hydrogens (tertiary/aromatic N) is 4. The van der Waals surface area contributed by atoms with E-state index in [1.807, 2.05) is 0 Å². The van der Waals surface area contributed by atoms with Gasteiger partial charge in [0, 0.05) is 12.1 Å². The van der Waals surface area contributed by atoms with Crippen LogP contribution in [-0.4, -0.2) is 23.3 Å². The summed E-state index contributed by atoms with van der Waals surface area (Å²) in [6, 6.07) is 3.01. The zero-order valence-electron chi connectivity index (χ0n) is 14.5. The molecule has 0 N–H and O–H groups in total. The van der Waals surface area contributed by atoms with Gasteiger partial charge < -0.3 is 0 Å². The number of alkyl halides is 5. The molecule has 0 spiro atoms. The minimum atomic E-state index is -5.81. The van der Waals surface area contributed by atoms with Crippen molar-refractivity contribution in [3.63, 3.8) is 0 Å². The Labute approximate surface area is 142 Å². The third-order valence-electron chi connectivity index (χ3n) is 3.43. The van der Waals surface area contributed by atoms with E-state index in [1.165, 1.54) is 18.0 Å². The van der Waals surface area contributed by atoms with Gasteiger partial charge in [0.05, 0.1) is 22.9 Å². The Morgan fingerprint density at radius 2 is 1.56 bits per heavy atom. The highest BCUT2D eigenvalue weighted by atomic mass is 19.4. The molecule has 0 saturated carbocycles. The van der Waals surface area contributed by atoms with Crippen molar-refractivity contribution in [2.45, 2.75) is 58.8 Å². The second-order valence-electron chi connectivity index (χ2n) is 6.13. The normalized spacial score (nSPS) is 12.9. The molecule has 9 heteroatoms. The number of rotatable bonds is 5. The Kier molecular flexibility index (Phi) is 6.10. The van der Waals surface area contributed by atoms with Crippen LogP contribution in [0.25, 0.3) is 0 Å². The predicted molar refractivity (Wildman–Crippen MR) is 82.5 cm³/mol. The number of halogens is 5. The van der Waals surface area contributed by atoms with Crippen molar-refractivity contribution in [2.75, 3.05) is 0 Å². The Morgan fingerprint density at radius 1 is 1.04 bits per heavy atom. The maximum absolute atomic E-state index is 13.9. The second-order valence-corrected chi connectivity index (χ2v) is 6.13. The Hall–Kier alpha value is -2.24. The van der Waals surface area contributed by atoms with Crippen LogP contribution >= 0.6 is 0 Å². The van der Waals surface area contributed by atoms with Crippen molar-refractivity contribution in [1.29, 1.82) is 5.26 Å². The summed E-state index contributed by atoms with van der Waals surface area (Å²) in [7, 11) is 0. The average molecular weight is 362 g/mol. The zero-order chi connectivity index (χ0) is 19.6. The Morgan fingerprint density at radius 3 is 1.96 bits per heavy atom. The fraction of sp³-hybridized carbons (Fsp3) is 0.562. The molecule has 0 unspecified atom stereocenters. The van der Waals surface area contributed by atoms with Crippen LogP contribution in [0, 0.1) is 18.3 Å². The molecule has 0 radical (unpaired) electrons. The molecular formula is C16H19F5N4. The van der Waals surface area contributed by atoms with Crippen molar-refractivity contribution in [2.24, 2.45) is 10.3 Å². The van der Waals surface area contributed by atoms with Gasteiger partial charge in [0.1, 0.15) is 0 Å². The van der Waals surface area contributed by atoms with Gasteiger partial charge in [0.2, 0.25) is 0 Å². The minimum Gasteiger partial charge on any atom is -0.273 e. The molecule has 25 heavy (non-hydrogen) atoms. The van der Waals surface area contributed by atoms with Gasteiger partial charge in [-0.15, -0.1) is 5.11 Å². The summed E-state index contributed by atoms with van der Waals surface area (Å²) in [6.07, 6.45) is -5.81. The highest BCUT2D eigenvalue weighted by molar-refractivity contribution is 5.58. The van der Waals surface area contributed by atoms with E-state index in [0.29, 0.717) is 6.07 Å². The Balaban J connectivity index is 3.58. The number of benzene rings is 1. The van der Waals surface area contributed by atoms with Gasteiger partial charge >= 0.3 is 12.1 Å². The molecule has 0 atom stereocenters. The van der Waals surface area contributed by atoms with Gasteiger partial charge in [0.25, 0.3) is 0 Å². The predicted octanol–water partition coefficient (Wildman–Crippen LogP) is 5.64. The number of hydrogen-bond acceptors (Lipinski definition) is 3. The molecular weight excluding hydrogens is 343 g/mol. The summed E-state index contributed by atoms with van der Waals surface area (Å²) in [5.74, 6) is -5.15. The minimum absolute atomic E-state index is 0.00851. The molecule has 1 rings (SSSR count). The SMILES string of the molecule is Cc1cc(C#N)cc(C(F)(F)C(F)(F)F)c1N=NN(C(C)C)C(C)C. The second kappa shape index (κ2) is 7.33. The Bertz CT molecular complexity index is 679. The van der Waals surface area contributed by atoms with Gasteiger partial charge in [-0.2, -0.15) is 27.2 Å². The first-order valence-electron chi connectivity index (χ1n) is 7.52. The summed E-state index contributed by atoms with van der Waals surface area (Å²) in [4.78, 5) is 0. The van der Waals surface area contributed by atoms with E-state index in [1.54, 1.807) is 33.8 Å². The summed E-state index contributed by atoms with van der Waals surface area (Å²) in [5, 5.41) is 17.9. The van der Waals surface area contributed by atoms with Crippen molar-refractivity contribution < 1.29 is 22.0 Å². The largest absolute Gasteiger partial charge is 0.458 e. The smallest absolute Gasteiger partial charge is 0.273 e. The molecule has 0 aromatic heterocycles. The quantitative estimate of drug-likeness (QED) is 0.387. The maximum Gasteiger partial charge on any atom is 0.458 e. The molecule has 0 fully saturated rings. The fourth-order valence-electron chi connectivity index (χ4n) is 2.27. The van der Waals surface area contributed by atoms with Crippen LogP contribution in [0.1, 0.15) is 44.4 Å².